The van der Waals surface area contributed by atoms with Crippen molar-refractivity contribution in [1.29, 1.82) is 0 Å². The van der Waals surface area contributed by atoms with Crippen molar-refractivity contribution >= 4 is 0 Å². The van der Waals surface area contributed by atoms with Gasteiger partial charge in [0, 0.05) is 0 Å². The van der Waals surface area contributed by atoms with E-state index in [0.717, 1.165) is 5.56 Å². The maximum atomic E-state index is 9.84. The number of aliphatic hydroxyl groups is 1. The summed E-state index contributed by atoms with van der Waals surface area (Å²) in [5, 5.41) is 9.84. The molecule has 0 radical (unpaired) electrons. The minimum Gasteiger partial charge on any atom is -0.366 e. The molecular formula is C13H16O4. The fourth-order valence-corrected chi connectivity index (χ4v) is 2.49. The Bertz CT molecular complexity index is 403. The summed E-state index contributed by atoms with van der Waals surface area (Å²) in [4.78, 5) is 0. The average molecular weight is 236 g/mol. The zero-order valence-electron chi connectivity index (χ0n) is 9.87. The molecule has 1 aromatic carbocycles. The summed E-state index contributed by atoms with van der Waals surface area (Å²) >= 11 is 0. The van der Waals surface area contributed by atoms with Crippen molar-refractivity contribution in [3.63, 3.8) is 0 Å². The molecule has 2 fully saturated rings. The van der Waals surface area contributed by atoms with E-state index in [2.05, 4.69) is 0 Å². The molecule has 2 aliphatic heterocycles. The molecule has 1 N–H and O–H groups in total. The normalized spacial score (nSPS) is 39.2. The van der Waals surface area contributed by atoms with Crippen LogP contribution in [0.4, 0.5) is 0 Å². The van der Waals surface area contributed by atoms with E-state index < -0.39 is 18.2 Å². The van der Waals surface area contributed by atoms with Crippen LogP contribution in [0.2, 0.25) is 0 Å². The van der Waals surface area contributed by atoms with Crippen LogP contribution in [0.25, 0.3) is 0 Å². The van der Waals surface area contributed by atoms with Gasteiger partial charge in [0.2, 0.25) is 0 Å². The lowest BCUT2D eigenvalue weighted by Crippen LogP contribution is -2.29. The molecule has 0 unspecified atom stereocenters. The highest BCUT2D eigenvalue weighted by molar-refractivity contribution is 5.21. The van der Waals surface area contributed by atoms with Crippen molar-refractivity contribution in [2.45, 2.75) is 44.2 Å². The first-order chi connectivity index (χ1) is 8.07. The van der Waals surface area contributed by atoms with Gasteiger partial charge in [0.15, 0.2) is 12.1 Å². The molecule has 0 aliphatic carbocycles. The lowest BCUT2D eigenvalue weighted by Gasteiger charge is -2.22. The van der Waals surface area contributed by atoms with Gasteiger partial charge in [-0.05, 0) is 19.4 Å². The second-order valence-electron chi connectivity index (χ2n) is 4.92. The highest BCUT2D eigenvalue weighted by Gasteiger charge is 2.55. The molecule has 92 valence electrons. The molecule has 4 atom stereocenters. The summed E-state index contributed by atoms with van der Waals surface area (Å²) in [6.45, 7) is 3.69. The fraction of sp³-hybridized carbons (Fsp3) is 0.538. The predicted molar refractivity (Wildman–Crippen MR) is 60.1 cm³/mol. The van der Waals surface area contributed by atoms with E-state index in [1.165, 1.54) is 0 Å². The van der Waals surface area contributed by atoms with Crippen LogP contribution in [-0.2, 0) is 14.2 Å². The Balaban J connectivity index is 1.89. The number of rotatable bonds is 1. The van der Waals surface area contributed by atoms with Crippen LogP contribution < -0.4 is 0 Å². The summed E-state index contributed by atoms with van der Waals surface area (Å²) in [6.07, 6.45) is -1.84. The minimum atomic E-state index is -0.924. The van der Waals surface area contributed by atoms with E-state index in [9.17, 15) is 5.11 Å². The molecule has 0 saturated carbocycles. The van der Waals surface area contributed by atoms with Gasteiger partial charge in [0.05, 0.1) is 0 Å². The lowest BCUT2D eigenvalue weighted by molar-refractivity contribution is -0.221. The van der Waals surface area contributed by atoms with Crippen molar-refractivity contribution in [2.24, 2.45) is 0 Å². The zero-order chi connectivity index (χ0) is 12.0. The summed E-state index contributed by atoms with van der Waals surface area (Å²) in [7, 11) is 0. The molecule has 4 nitrogen and oxygen atoms in total. The van der Waals surface area contributed by atoms with Gasteiger partial charge in [0.1, 0.15) is 18.3 Å². The van der Waals surface area contributed by atoms with Crippen molar-refractivity contribution in [3.05, 3.63) is 35.9 Å². The number of benzene rings is 1. The number of hydrogen-bond acceptors (Lipinski definition) is 4. The van der Waals surface area contributed by atoms with Crippen molar-refractivity contribution in [3.8, 4) is 0 Å². The Labute approximate surface area is 100 Å². The monoisotopic (exact) mass is 236 g/mol. The molecule has 1 aromatic rings. The second kappa shape index (κ2) is 3.78. The van der Waals surface area contributed by atoms with Gasteiger partial charge in [-0.1, -0.05) is 30.3 Å². The molecule has 2 aliphatic rings. The Hall–Kier alpha value is -0.940. The topological polar surface area (TPSA) is 47.9 Å². The molecule has 3 rings (SSSR count). The first kappa shape index (κ1) is 11.2. The Morgan fingerprint density at radius 3 is 2.41 bits per heavy atom. The van der Waals surface area contributed by atoms with Crippen LogP contribution in [-0.4, -0.2) is 29.4 Å². The van der Waals surface area contributed by atoms with Gasteiger partial charge in [-0.25, -0.2) is 0 Å². The molecule has 0 amide bonds. The quantitative estimate of drug-likeness (QED) is 0.804. The molecule has 2 heterocycles. The number of ether oxygens (including phenoxy) is 3. The largest absolute Gasteiger partial charge is 0.366 e. The minimum absolute atomic E-state index is 0.248. The highest BCUT2D eigenvalue weighted by Crippen LogP contribution is 2.44. The van der Waals surface area contributed by atoms with Crippen LogP contribution in [0, 0.1) is 0 Å². The third-order valence-corrected chi connectivity index (χ3v) is 3.16. The standard InChI is InChI=1S/C13H16O4/c1-13(2)16-10-9(8-6-4-3-5-7-8)15-12(14)11(10)17-13/h3-7,9-12,14H,1-2H3/t9-,10+,11+,12+/m0/s1. The van der Waals surface area contributed by atoms with Crippen LogP contribution in [0.1, 0.15) is 25.5 Å². The Morgan fingerprint density at radius 1 is 1.06 bits per heavy atom. The fourth-order valence-electron chi connectivity index (χ4n) is 2.49. The third kappa shape index (κ3) is 1.87. The van der Waals surface area contributed by atoms with Gasteiger partial charge in [0.25, 0.3) is 0 Å². The Morgan fingerprint density at radius 2 is 1.71 bits per heavy atom. The van der Waals surface area contributed by atoms with Crippen LogP contribution in [0.3, 0.4) is 0 Å². The molecule has 17 heavy (non-hydrogen) atoms. The van der Waals surface area contributed by atoms with Crippen molar-refractivity contribution < 1.29 is 19.3 Å². The lowest BCUT2D eigenvalue weighted by atomic mass is 10.0. The van der Waals surface area contributed by atoms with Crippen LogP contribution in [0.15, 0.2) is 30.3 Å². The summed E-state index contributed by atoms with van der Waals surface area (Å²) in [5.74, 6) is -0.660. The third-order valence-electron chi connectivity index (χ3n) is 3.16. The SMILES string of the molecule is CC1(C)O[C@@H]2[C@H](O1)[C@H](c1ccccc1)O[C@H]2O. The maximum Gasteiger partial charge on any atom is 0.184 e. The zero-order valence-corrected chi connectivity index (χ0v) is 9.87. The number of fused-ring (bicyclic) bond motifs is 1. The van der Waals surface area contributed by atoms with Crippen molar-refractivity contribution in [1.82, 2.24) is 0 Å². The Kier molecular flexibility index (Phi) is 2.48. The van der Waals surface area contributed by atoms with Crippen molar-refractivity contribution in [2.75, 3.05) is 0 Å². The first-order valence-corrected chi connectivity index (χ1v) is 5.81. The van der Waals surface area contributed by atoms with Gasteiger partial charge in [-0.15, -0.1) is 0 Å². The van der Waals surface area contributed by atoms with Crippen LogP contribution in [0.5, 0.6) is 0 Å². The summed E-state index contributed by atoms with van der Waals surface area (Å²) in [6, 6.07) is 9.77. The van der Waals surface area contributed by atoms with E-state index >= 15 is 0 Å². The highest BCUT2D eigenvalue weighted by atomic mass is 16.8. The van der Waals surface area contributed by atoms with E-state index in [1.807, 2.05) is 44.2 Å². The second-order valence-corrected chi connectivity index (χ2v) is 4.92. The number of aliphatic hydroxyl groups excluding tert-OH is 1. The van der Waals surface area contributed by atoms with Gasteiger partial charge < -0.3 is 19.3 Å². The molecular weight excluding hydrogens is 220 g/mol. The van der Waals surface area contributed by atoms with Gasteiger partial charge in [-0.2, -0.15) is 0 Å². The predicted octanol–water partition coefficient (Wildman–Crippen LogP) is 1.60. The first-order valence-electron chi connectivity index (χ1n) is 5.81. The molecule has 4 heteroatoms. The maximum absolute atomic E-state index is 9.84. The number of hydrogen-bond donors (Lipinski definition) is 1. The summed E-state index contributed by atoms with van der Waals surface area (Å²) in [5.41, 5.74) is 1.00. The van der Waals surface area contributed by atoms with Gasteiger partial charge in [-0.3, -0.25) is 0 Å². The van der Waals surface area contributed by atoms with Gasteiger partial charge >= 0.3 is 0 Å². The van der Waals surface area contributed by atoms with Crippen LogP contribution >= 0.6 is 0 Å². The molecule has 0 spiro atoms. The van der Waals surface area contributed by atoms with E-state index in [1.54, 1.807) is 0 Å². The van der Waals surface area contributed by atoms with E-state index in [-0.39, 0.29) is 12.2 Å². The smallest absolute Gasteiger partial charge is 0.184 e. The molecule has 0 bridgehead atoms. The van der Waals surface area contributed by atoms with E-state index in [4.69, 9.17) is 14.2 Å². The average Bonchev–Trinajstić information content (AvgIpc) is 2.76. The molecule has 2 saturated heterocycles. The van der Waals surface area contributed by atoms with E-state index in [0.29, 0.717) is 0 Å². The molecule has 0 aromatic heterocycles. The summed E-state index contributed by atoms with van der Waals surface area (Å²) < 4.78 is 17.0.